The molecule has 2 aliphatic carbocycles. The summed E-state index contributed by atoms with van der Waals surface area (Å²) in [5, 5.41) is 11.7. The van der Waals surface area contributed by atoms with Crippen molar-refractivity contribution in [3.63, 3.8) is 0 Å². The second kappa shape index (κ2) is 15.2. The minimum Gasteiger partial charge on any atom is -0.467 e. The predicted molar refractivity (Wildman–Crippen MR) is 146 cm³/mol. The summed E-state index contributed by atoms with van der Waals surface area (Å²) in [6, 6.07) is 0. The van der Waals surface area contributed by atoms with E-state index in [1.54, 1.807) is 0 Å². The predicted octanol–water partition coefficient (Wildman–Crippen LogP) is 5.89. The third kappa shape index (κ3) is 7.70. The lowest BCUT2D eigenvalue weighted by Gasteiger charge is -2.42. The van der Waals surface area contributed by atoms with Crippen molar-refractivity contribution in [3.05, 3.63) is 24.3 Å². The first-order valence-electron chi connectivity index (χ1n) is 14.9. The van der Waals surface area contributed by atoms with Crippen molar-refractivity contribution in [3.8, 4) is 0 Å². The van der Waals surface area contributed by atoms with Crippen LogP contribution in [0.4, 0.5) is 0 Å². The van der Waals surface area contributed by atoms with Crippen LogP contribution in [0.2, 0.25) is 0 Å². The quantitative estimate of drug-likeness (QED) is 0.233. The molecule has 38 heavy (non-hydrogen) atoms. The number of esters is 2. The van der Waals surface area contributed by atoms with Gasteiger partial charge in [0.1, 0.15) is 6.10 Å². The zero-order chi connectivity index (χ0) is 27.5. The van der Waals surface area contributed by atoms with E-state index in [0.29, 0.717) is 24.9 Å². The smallest absolute Gasteiger partial charge is 0.341 e. The number of hydrogen-bond donors (Lipinski definition) is 1. The summed E-state index contributed by atoms with van der Waals surface area (Å²) >= 11 is 0. The zero-order valence-corrected chi connectivity index (χ0v) is 23.9. The molecule has 0 radical (unpaired) electrons. The SMILES string of the molecule is CC=C[C@H]1CC[C@H](OC(C)=O)[C@@H]1CC=CCC(O)C(O[C@H]1CCCCO1)(C(=O)OC)C1CCC(CCC)C1. The Morgan fingerprint density at radius 3 is 2.61 bits per heavy atom. The summed E-state index contributed by atoms with van der Waals surface area (Å²) < 4.78 is 23.3. The highest BCUT2D eigenvalue weighted by Gasteiger charge is 2.56. The fraction of sp³-hybridized carbons (Fsp3) is 0.806. The van der Waals surface area contributed by atoms with E-state index in [2.05, 4.69) is 25.2 Å². The molecule has 3 fully saturated rings. The number of carbonyl (C=O) groups excluding carboxylic acids is 2. The monoisotopic (exact) mass is 534 g/mol. The molecular weight excluding hydrogens is 484 g/mol. The molecule has 1 N–H and O–H groups in total. The lowest BCUT2D eigenvalue weighted by molar-refractivity contribution is -0.267. The van der Waals surface area contributed by atoms with Gasteiger partial charge < -0.3 is 24.1 Å². The fourth-order valence-corrected chi connectivity index (χ4v) is 7.00. The third-order valence-electron chi connectivity index (χ3n) is 8.81. The molecule has 4 unspecified atom stereocenters. The standard InChI is InChI=1S/C31H50O7/c1-5-11-23-16-18-25(21-23)31(30(34)35-4,38-29-15-9-10-20-36-29)28(33)14-8-7-13-26-24(12-6-2)17-19-27(26)37-22(3)32/h6-8,12,23-29,33H,5,9-11,13-21H2,1-4H3/t23?,24-,25?,26+,27-,28?,29-,31?/m0/s1. The van der Waals surface area contributed by atoms with Crippen LogP contribution in [-0.4, -0.2) is 54.9 Å². The van der Waals surface area contributed by atoms with Gasteiger partial charge in [-0.1, -0.05) is 50.5 Å². The first-order chi connectivity index (χ1) is 18.3. The van der Waals surface area contributed by atoms with Gasteiger partial charge in [-0.25, -0.2) is 4.79 Å². The first-order valence-corrected chi connectivity index (χ1v) is 14.9. The molecule has 0 aromatic rings. The summed E-state index contributed by atoms with van der Waals surface area (Å²) in [5.74, 6) is 0.204. The Labute approximate surface area is 229 Å². The van der Waals surface area contributed by atoms with Gasteiger partial charge in [0.2, 0.25) is 0 Å². The maximum Gasteiger partial charge on any atom is 0.341 e. The normalized spacial score (nSPS) is 32.4. The minimum absolute atomic E-state index is 0.0989. The van der Waals surface area contributed by atoms with Crippen LogP contribution in [0.3, 0.4) is 0 Å². The molecule has 0 amide bonds. The molecule has 1 aliphatic heterocycles. The van der Waals surface area contributed by atoms with Crippen LogP contribution >= 0.6 is 0 Å². The van der Waals surface area contributed by atoms with E-state index in [1.165, 1.54) is 14.0 Å². The van der Waals surface area contributed by atoms with E-state index >= 15 is 0 Å². The van der Waals surface area contributed by atoms with Gasteiger partial charge in [-0.2, -0.15) is 0 Å². The average molecular weight is 535 g/mol. The lowest BCUT2D eigenvalue weighted by atomic mass is 9.78. The van der Waals surface area contributed by atoms with Crippen LogP contribution in [0.25, 0.3) is 0 Å². The van der Waals surface area contributed by atoms with E-state index in [-0.39, 0.29) is 30.3 Å². The zero-order valence-electron chi connectivity index (χ0n) is 23.9. The highest BCUT2D eigenvalue weighted by molar-refractivity contribution is 5.81. The second-order valence-electron chi connectivity index (χ2n) is 11.4. The minimum atomic E-state index is -1.45. The molecule has 2 saturated carbocycles. The molecule has 8 atom stereocenters. The summed E-state index contributed by atoms with van der Waals surface area (Å²) in [6.07, 6.45) is 17.0. The van der Waals surface area contributed by atoms with Crippen LogP contribution in [0.1, 0.15) is 97.8 Å². The van der Waals surface area contributed by atoms with Crippen molar-refractivity contribution in [2.75, 3.05) is 13.7 Å². The lowest BCUT2D eigenvalue weighted by Crippen LogP contribution is -2.59. The van der Waals surface area contributed by atoms with Crippen LogP contribution in [-0.2, 0) is 28.5 Å². The molecule has 7 heteroatoms. The average Bonchev–Trinajstić information content (AvgIpc) is 3.52. The topological polar surface area (TPSA) is 91.3 Å². The van der Waals surface area contributed by atoms with Gasteiger partial charge in [-0.3, -0.25) is 4.79 Å². The van der Waals surface area contributed by atoms with E-state index in [4.69, 9.17) is 18.9 Å². The van der Waals surface area contributed by atoms with Crippen LogP contribution in [0, 0.1) is 23.7 Å². The van der Waals surface area contributed by atoms with E-state index in [9.17, 15) is 14.7 Å². The highest BCUT2D eigenvalue weighted by atomic mass is 16.7. The molecule has 3 rings (SSSR count). The number of methoxy groups -OCH3 is 1. The van der Waals surface area contributed by atoms with Crippen LogP contribution in [0.5, 0.6) is 0 Å². The maximum atomic E-state index is 13.5. The number of hydrogen-bond acceptors (Lipinski definition) is 7. The molecule has 0 aromatic heterocycles. The number of ether oxygens (including phenoxy) is 4. The molecule has 0 bridgehead atoms. The van der Waals surface area contributed by atoms with Gasteiger partial charge in [0.15, 0.2) is 11.9 Å². The number of carbonyl (C=O) groups is 2. The van der Waals surface area contributed by atoms with E-state index in [0.717, 1.165) is 64.2 Å². The fourth-order valence-electron chi connectivity index (χ4n) is 7.00. The van der Waals surface area contributed by atoms with Crippen LogP contribution < -0.4 is 0 Å². The Bertz CT molecular complexity index is 802. The summed E-state index contributed by atoms with van der Waals surface area (Å²) in [5.41, 5.74) is -1.45. The van der Waals surface area contributed by atoms with Crippen LogP contribution in [0.15, 0.2) is 24.3 Å². The van der Waals surface area contributed by atoms with Crippen molar-refractivity contribution in [2.24, 2.45) is 23.7 Å². The second-order valence-corrected chi connectivity index (χ2v) is 11.4. The molecule has 7 nitrogen and oxygen atoms in total. The number of aliphatic hydroxyl groups excluding tert-OH is 1. The Hall–Kier alpha value is -1.70. The van der Waals surface area contributed by atoms with Gasteiger partial charge in [0.05, 0.1) is 13.2 Å². The summed E-state index contributed by atoms with van der Waals surface area (Å²) in [7, 11) is 1.37. The summed E-state index contributed by atoms with van der Waals surface area (Å²) in [4.78, 5) is 25.1. The first kappa shape index (κ1) is 30.8. The van der Waals surface area contributed by atoms with Crippen molar-refractivity contribution < 1.29 is 33.6 Å². The van der Waals surface area contributed by atoms with Crippen molar-refractivity contribution >= 4 is 11.9 Å². The largest absolute Gasteiger partial charge is 0.467 e. The van der Waals surface area contributed by atoms with Crippen molar-refractivity contribution in [2.45, 2.75) is 122 Å². The Balaban J connectivity index is 1.77. The van der Waals surface area contributed by atoms with Gasteiger partial charge >= 0.3 is 11.9 Å². The number of allylic oxidation sites excluding steroid dienone is 3. The highest BCUT2D eigenvalue weighted by Crippen LogP contribution is 2.46. The Kier molecular flexibility index (Phi) is 12.3. The van der Waals surface area contributed by atoms with Gasteiger partial charge in [0, 0.05) is 25.4 Å². The molecular formula is C31H50O7. The number of aliphatic hydroxyl groups is 1. The molecule has 216 valence electrons. The number of rotatable bonds is 13. The third-order valence-corrected chi connectivity index (χ3v) is 8.81. The van der Waals surface area contributed by atoms with Gasteiger partial charge in [-0.05, 0) is 76.5 Å². The Morgan fingerprint density at radius 1 is 1.13 bits per heavy atom. The molecule has 0 spiro atoms. The molecule has 3 aliphatic rings. The molecule has 0 aromatic carbocycles. The molecule has 1 heterocycles. The van der Waals surface area contributed by atoms with Crippen molar-refractivity contribution in [1.82, 2.24) is 0 Å². The van der Waals surface area contributed by atoms with E-state index < -0.39 is 24.0 Å². The van der Waals surface area contributed by atoms with Crippen molar-refractivity contribution in [1.29, 1.82) is 0 Å². The maximum absolute atomic E-state index is 13.5. The van der Waals surface area contributed by atoms with Gasteiger partial charge in [-0.15, -0.1) is 0 Å². The van der Waals surface area contributed by atoms with E-state index in [1.807, 2.05) is 13.0 Å². The Morgan fingerprint density at radius 2 is 1.95 bits per heavy atom. The molecule has 1 saturated heterocycles. The van der Waals surface area contributed by atoms with Gasteiger partial charge in [0.25, 0.3) is 0 Å². The summed E-state index contributed by atoms with van der Waals surface area (Å²) in [6.45, 7) is 6.26.